The lowest BCUT2D eigenvalue weighted by Crippen LogP contribution is -2.32. The fraction of sp³-hybridized carbons (Fsp3) is 0.545. The summed E-state index contributed by atoms with van der Waals surface area (Å²) in [7, 11) is 0. The SMILES string of the molecule is NCc1ncccc1CN1CCSCC1. The smallest absolute Gasteiger partial charge is 0.0584 e. The molecule has 15 heavy (non-hydrogen) atoms. The van der Waals surface area contributed by atoms with Gasteiger partial charge in [-0.3, -0.25) is 9.88 Å². The Kier molecular flexibility index (Phi) is 4.00. The highest BCUT2D eigenvalue weighted by Crippen LogP contribution is 2.14. The molecule has 0 amide bonds. The van der Waals surface area contributed by atoms with Crippen molar-refractivity contribution in [2.75, 3.05) is 24.6 Å². The molecule has 82 valence electrons. The monoisotopic (exact) mass is 223 g/mol. The quantitative estimate of drug-likeness (QED) is 0.833. The van der Waals surface area contributed by atoms with Crippen LogP contribution in [0.5, 0.6) is 0 Å². The summed E-state index contributed by atoms with van der Waals surface area (Å²) >= 11 is 2.04. The van der Waals surface area contributed by atoms with E-state index in [1.807, 2.05) is 24.0 Å². The van der Waals surface area contributed by atoms with Crippen LogP contribution in [0.15, 0.2) is 18.3 Å². The first-order valence-electron chi connectivity index (χ1n) is 5.33. The predicted molar refractivity (Wildman–Crippen MR) is 64.7 cm³/mol. The van der Waals surface area contributed by atoms with Crippen LogP contribution in [-0.2, 0) is 13.1 Å². The Hall–Kier alpha value is -0.580. The minimum atomic E-state index is 0.540. The zero-order chi connectivity index (χ0) is 10.5. The first-order chi connectivity index (χ1) is 7.40. The Labute approximate surface area is 95.1 Å². The third-order valence-electron chi connectivity index (χ3n) is 2.68. The van der Waals surface area contributed by atoms with Crippen molar-refractivity contribution < 1.29 is 0 Å². The maximum absolute atomic E-state index is 5.67. The van der Waals surface area contributed by atoms with Crippen molar-refractivity contribution in [2.24, 2.45) is 5.73 Å². The van der Waals surface area contributed by atoms with Crippen LogP contribution in [0.2, 0.25) is 0 Å². The van der Waals surface area contributed by atoms with Gasteiger partial charge in [-0.05, 0) is 11.6 Å². The van der Waals surface area contributed by atoms with E-state index in [1.165, 1.54) is 30.2 Å². The summed E-state index contributed by atoms with van der Waals surface area (Å²) in [6, 6.07) is 4.13. The van der Waals surface area contributed by atoms with Crippen molar-refractivity contribution in [1.29, 1.82) is 0 Å². The van der Waals surface area contributed by atoms with Crippen LogP contribution in [0.1, 0.15) is 11.3 Å². The second kappa shape index (κ2) is 5.49. The summed E-state index contributed by atoms with van der Waals surface area (Å²) < 4.78 is 0. The highest BCUT2D eigenvalue weighted by Gasteiger charge is 2.12. The van der Waals surface area contributed by atoms with Crippen molar-refractivity contribution in [2.45, 2.75) is 13.1 Å². The molecular formula is C11H17N3S. The molecule has 1 aromatic heterocycles. The lowest BCUT2D eigenvalue weighted by atomic mass is 10.2. The van der Waals surface area contributed by atoms with Crippen LogP contribution >= 0.6 is 11.8 Å². The molecule has 1 saturated heterocycles. The van der Waals surface area contributed by atoms with Crippen LogP contribution < -0.4 is 5.73 Å². The highest BCUT2D eigenvalue weighted by atomic mass is 32.2. The standard InChI is InChI=1S/C11H17N3S/c12-8-11-10(2-1-3-13-11)9-14-4-6-15-7-5-14/h1-3H,4-9,12H2. The molecule has 0 bridgehead atoms. The fourth-order valence-electron chi connectivity index (χ4n) is 1.80. The Balaban J connectivity index is 2.02. The number of hydrogen-bond donors (Lipinski definition) is 1. The molecule has 0 radical (unpaired) electrons. The number of aromatic nitrogens is 1. The van der Waals surface area contributed by atoms with E-state index < -0.39 is 0 Å². The van der Waals surface area contributed by atoms with E-state index in [1.54, 1.807) is 0 Å². The molecule has 0 unspecified atom stereocenters. The van der Waals surface area contributed by atoms with E-state index >= 15 is 0 Å². The summed E-state index contributed by atoms with van der Waals surface area (Å²) in [5.41, 5.74) is 7.99. The third-order valence-corrected chi connectivity index (χ3v) is 3.62. The zero-order valence-electron chi connectivity index (χ0n) is 8.85. The summed E-state index contributed by atoms with van der Waals surface area (Å²) in [6.07, 6.45) is 1.82. The van der Waals surface area contributed by atoms with E-state index in [4.69, 9.17) is 5.73 Å². The lowest BCUT2D eigenvalue weighted by molar-refractivity contribution is 0.293. The molecule has 0 aromatic carbocycles. The minimum absolute atomic E-state index is 0.540. The average molecular weight is 223 g/mol. The molecule has 3 nitrogen and oxygen atoms in total. The molecule has 0 atom stereocenters. The number of thioether (sulfide) groups is 1. The summed E-state index contributed by atoms with van der Waals surface area (Å²) in [5.74, 6) is 2.50. The number of hydrogen-bond acceptors (Lipinski definition) is 4. The topological polar surface area (TPSA) is 42.1 Å². The Morgan fingerprint density at radius 1 is 1.40 bits per heavy atom. The molecule has 2 N–H and O–H groups in total. The predicted octanol–water partition coefficient (Wildman–Crippen LogP) is 1.09. The molecule has 4 heteroatoms. The normalized spacial score (nSPS) is 17.9. The van der Waals surface area contributed by atoms with Crippen LogP contribution in [0.3, 0.4) is 0 Å². The lowest BCUT2D eigenvalue weighted by Gasteiger charge is -2.26. The van der Waals surface area contributed by atoms with Gasteiger partial charge in [-0.2, -0.15) is 11.8 Å². The molecule has 0 aliphatic carbocycles. The van der Waals surface area contributed by atoms with Gasteiger partial charge in [-0.1, -0.05) is 6.07 Å². The van der Waals surface area contributed by atoms with Crippen molar-refractivity contribution in [3.63, 3.8) is 0 Å². The molecule has 1 aliphatic heterocycles. The maximum Gasteiger partial charge on any atom is 0.0584 e. The van der Waals surface area contributed by atoms with E-state index in [-0.39, 0.29) is 0 Å². The first kappa shape index (κ1) is 10.9. The van der Waals surface area contributed by atoms with Crippen molar-refractivity contribution >= 4 is 11.8 Å². The Morgan fingerprint density at radius 3 is 2.93 bits per heavy atom. The maximum atomic E-state index is 5.67. The zero-order valence-corrected chi connectivity index (χ0v) is 9.67. The minimum Gasteiger partial charge on any atom is -0.325 e. The fourth-order valence-corrected chi connectivity index (χ4v) is 2.78. The molecule has 0 saturated carbocycles. The van der Waals surface area contributed by atoms with Crippen LogP contribution in [-0.4, -0.2) is 34.5 Å². The molecule has 1 aromatic rings. The van der Waals surface area contributed by atoms with Gasteiger partial charge >= 0.3 is 0 Å². The van der Waals surface area contributed by atoms with E-state index in [9.17, 15) is 0 Å². The Morgan fingerprint density at radius 2 is 2.20 bits per heavy atom. The first-order valence-corrected chi connectivity index (χ1v) is 6.48. The van der Waals surface area contributed by atoms with Crippen LogP contribution in [0.4, 0.5) is 0 Å². The molecule has 1 aliphatic rings. The van der Waals surface area contributed by atoms with E-state index in [0.717, 1.165) is 12.2 Å². The number of rotatable bonds is 3. The largest absolute Gasteiger partial charge is 0.325 e. The Bertz CT molecular complexity index is 310. The summed E-state index contributed by atoms with van der Waals surface area (Å²) in [5, 5.41) is 0. The molecule has 2 rings (SSSR count). The van der Waals surface area contributed by atoms with Crippen LogP contribution in [0.25, 0.3) is 0 Å². The second-order valence-electron chi connectivity index (χ2n) is 3.70. The third kappa shape index (κ3) is 2.93. The van der Waals surface area contributed by atoms with Crippen LogP contribution in [0, 0.1) is 0 Å². The highest BCUT2D eigenvalue weighted by molar-refractivity contribution is 7.99. The van der Waals surface area contributed by atoms with Crippen molar-refractivity contribution in [1.82, 2.24) is 9.88 Å². The van der Waals surface area contributed by atoms with Gasteiger partial charge in [0.25, 0.3) is 0 Å². The van der Waals surface area contributed by atoms with Gasteiger partial charge in [0.1, 0.15) is 0 Å². The average Bonchev–Trinajstić information content (AvgIpc) is 2.31. The number of nitrogens with zero attached hydrogens (tertiary/aromatic N) is 2. The molecule has 0 spiro atoms. The van der Waals surface area contributed by atoms with E-state index in [2.05, 4.69) is 16.0 Å². The molecule has 1 fully saturated rings. The summed E-state index contributed by atoms with van der Waals surface area (Å²) in [6.45, 7) is 3.91. The van der Waals surface area contributed by atoms with Gasteiger partial charge in [0.15, 0.2) is 0 Å². The summed E-state index contributed by atoms with van der Waals surface area (Å²) in [4.78, 5) is 6.78. The van der Waals surface area contributed by atoms with Gasteiger partial charge < -0.3 is 5.73 Å². The second-order valence-corrected chi connectivity index (χ2v) is 4.93. The molecule has 2 heterocycles. The number of nitrogens with two attached hydrogens (primary N) is 1. The van der Waals surface area contributed by atoms with Gasteiger partial charge in [0, 0.05) is 43.9 Å². The molecular weight excluding hydrogens is 206 g/mol. The van der Waals surface area contributed by atoms with Gasteiger partial charge in [-0.25, -0.2) is 0 Å². The van der Waals surface area contributed by atoms with Gasteiger partial charge in [0.05, 0.1) is 5.69 Å². The van der Waals surface area contributed by atoms with Gasteiger partial charge in [0.2, 0.25) is 0 Å². The van der Waals surface area contributed by atoms with Crippen molar-refractivity contribution in [3.05, 3.63) is 29.6 Å². The van der Waals surface area contributed by atoms with Gasteiger partial charge in [-0.15, -0.1) is 0 Å². The van der Waals surface area contributed by atoms with Crippen molar-refractivity contribution in [3.8, 4) is 0 Å². The van der Waals surface area contributed by atoms with E-state index in [0.29, 0.717) is 6.54 Å². The number of pyridine rings is 1.